The highest BCUT2D eigenvalue weighted by Crippen LogP contribution is 2.47. The van der Waals surface area contributed by atoms with Crippen LogP contribution in [0.1, 0.15) is 29.0 Å². The Kier molecular flexibility index (Phi) is 4.21. The molecule has 0 bridgehead atoms. The SMILES string of the molecule is O=C(Nc1ccc2c(c1)C1(CCOCC1)CN2CCF)c1ccco1. The van der Waals surface area contributed by atoms with E-state index in [1.807, 2.05) is 18.2 Å². The molecule has 0 saturated carbocycles. The summed E-state index contributed by atoms with van der Waals surface area (Å²) in [6.07, 6.45) is 3.31. The number of hydrogen-bond acceptors (Lipinski definition) is 4. The number of carbonyl (C=O) groups excluding carboxylic acids is 1. The molecule has 1 spiro atoms. The number of ether oxygens (including phenoxy) is 1. The van der Waals surface area contributed by atoms with E-state index in [1.165, 1.54) is 11.8 Å². The zero-order chi connectivity index (χ0) is 17.3. The van der Waals surface area contributed by atoms with Crippen LogP contribution in [0.4, 0.5) is 15.8 Å². The number of rotatable bonds is 4. The average molecular weight is 344 g/mol. The summed E-state index contributed by atoms with van der Waals surface area (Å²) < 4.78 is 23.6. The predicted molar refractivity (Wildman–Crippen MR) is 93.0 cm³/mol. The van der Waals surface area contributed by atoms with Gasteiger partial charge in [-0.05, 0) is 48.7 Å². The van der Waals surface area contributed by atoms with E-state index in [0.717, 1.165) is 30.8 Å². The van der Waals surface area contributed by atoms with Crippen molar-refractivity contribution in [2.45, 2.75) is 18.3 Å². The molecule has 6 heteroatoms. The Hall–Kier alpha value is -2.34. The number of nitrogens with zero attached hydrogens (tertiary/aromatic N) is 1. The number of halogens is 1. The molecule has 0 aliphatic carbocycles. The number of furan rings is 1. The summed E-state index contributed by atoms with van der Waals surface area (Å²) >= 11 is 0. The molecule has 1 aromatic heterocycles. The molecule has 1 amide bonds. The van der Waals surface area contributed by atoms with Gasteiger partial charge in [-0.25, -0.2) is 4.39 Å². The fraction of sp³-hybridized carbons (Fsp3) is 0.421. The van der Waals surface area contributed by atoms with Crippen molar-refractivity contribution in [3.05, 3.63) is 47.9 Å². The van der Waals surface area contributed by atoms with Crippen LogP contribution < -0.4 is 10.2 Å². The normalized spacial score (nSPS) is 18.4. The summed E-state index contributed by atoms with van der Waals surface area (Å²) in [5.74, 6) is 0.00456. The van der Waals surface area contributed by atoms with Gasteiger partial charge in [-0.2, -0.15) is 0 Å². The van der Waals surface area contributed by atoms with Gasteiger partial charge in [0.1, 0.15) is 6.67 Å². The summed E-state index contributed by atoms with van der Waals surface area (Å²) in [7, 11) is 0. The van der Waals surface area contributed by atoms with Gasteiger partial charge in [-0.15, -0.1) is 0 Å². The fourth-order valence-corrected chi connectivity index (χ4v) is 3.94. The van der Waals surface area contributed by atoms with Crippen LogP contribution in [0.15, 0.2) is 41.0 Å². The van der Waals surface area contributed by atoms with E-state index in [4.69, 9.17) is 9.15 Å². The number of carbonyl (C=O) groups is 1. The number of benzene rings is 1. The van der Waals surface area contributed by atoms with Gasteiger partial charge in [0.2, 0.25) is 0 Å². The summed E-state index contributed by atoms with van der Waals surface area (Å²) in [5, 5.41) is 2.89. The van der Waals surface area contributed by atoms with Crippen molar-refractivity contribution in [3.8, 4) is 0 Å². The van der Waals surface area contributed by atoms with Gasteiger partial charge < -0.3 is 19.4 Å². The molecule has 2 aliphatic rings. The maximum absolute atomic E-state index is 13.0. The zero-order valence-corrected chi connectivity index (χ0v) is 14.0. The maximum Gasteiger partial charge on any atom is 0.291 e. The molecule has 25 heavy (non-hydrogen) atoms. The Morgan fingerprint density at radius 2 is 2.12 bits per heavy atom. The molecular weight excluding hydrogens is 323 g/mol. The van der Waals surface area contributed by atoms with Crippen LogP contribution in [0.25, 0.3) is 0 Å². The molecular formula is C19H21FN2O3. The van der Waals surface area contributed by atoms with E-state index in [9.17, 15) is 9.18 Å². The summed E-state index contributed by atoms with van der Waals surface area (Å²) in [6, 6.07) is 9.19. The lowest BCUT2D eigenvalue weighted by molar-refractivity contribution is 0.0553. The predicted octanol–water partition coefficient (Wildman–Crippen LogP) is 3.37. The molecule has 2 aliphatic heterocycles. The highest BCUT2D eigenvalue weighted by molar-refractivity contribution is 6.02. The molecule has 1 saturated heterocycles. The van der Waals surface area contributed by atoms with Crippen LogP contribution in [-0.4, -0.2) is 38.9 Å². The van der Waals surface area contributed by atoms with E-state index in [1.54, 1.807) is 12.1 Å². The third-order valence-corrected chi connectivity index (χ3v) is 5.21. The van der Waals surface area contributed by atoms with E-state index in [2.05, 4.69) is 10.2 Å². The standard InChI is InChI=1S/C19H21FN2O3/c20-7-8-22-13-19(5-10-24-11-6-19)15-12-14(3-4-16(15)22)21-18(23)17-2-1-9-25-17/h1-4,9,12H,5-8,10-11,13H2,(H,21,23). The van der Waals surface area contributed by atoms with Gasteiger partial charge in [0.25, 0.3) is 5.91 Å². The molecule has 1 fully saturated rings. The minimum atomic E-state index is -0.372. The minimum absolute atomic E-state index is 0.0197. The van der Waals surface area contributed by atoms with E-state index in [0.29, 0.717) is 19.8 Å². The zero-order valence-electron chi connectivity index (χ0n) is 14.0. The molecule has 2 aromatic rings. The lowest BCUT2D eigenvalue weighted by Crippen LogP contribution is -2.39. The fourth-order valence-electron chi connectivity index (χ4n) is 3.94. The monoisotopic (exact) mass is 344 g/mol. The number of alkyl halides is 1. The van der Waals surface area contributed by atoms with Crippen LogP contribution in [0.2, 0.25) is 0 Å². The summed E-state index contributed by atoms with van der Waals surface area (Å²) in [6.45, 7) is 2.26. The second-order valence-electron chi connectivity index (χ2n) is 6.67. The number of fused-ring (bicyclic) bond motifs is 2. The molecule has 0 atom stereocenters. The van der Waals surface area contributed by atoms with Crippen LogP contribution in [0.5, 0.6) is 0 Å². The van der Waals surface area contributed by atoms with Crippen molar-refractivity contribution in [1.29, 1.82) is 0 Å². The van der Waals surface area contributed by atoms with Gasteiger partial charge in [-0.1, -0.05) is 0 Å². The van der Waals surface area contributed by atoms with Crippen LogP contribution in [-0.2, 0) is 10.2 Å². The van der Waals surface area contributed by atoms with Crippen molar-refractivity contribution in [2.75, 3.05) is 43.2 Å². The van der Waals surface area contributed by atoms with E-state index >= 15 is 0 Å². The third kappa shape index (κ3) is 2.91. The number of anilines is 2. The van der Waals surface area contributed by atoms with Crippen molar-refractivity contribution in [2.24, 2.45) is 0 Å². The first-order valence-electron chi connectivity index (χ1n) is 8.60. The third-order valence-electron chi connectivity index (χ3n) is 5.21. The smallest absolute Gasteiger partial charge is 0.291 e. The van der Waals surface area contributed by atoms with Gasteiger partial charge in [0.05, 0.1) is 6.26 Å². The number of amides is 1. The highest BCUT2D eigenvalue weighted by atomic mass is 19.1. The largest absolute Gasteiger partial charge is 0.459 e. The van der Waals surface area contributed by atoms with E-state index < -0.39 is 0 Å². The molecule has 5 nitrogen and oxygen atoms in total. The summed E-state index contributed by atoms with van der Waals surface area (Å²) in [4.78, 5) is 14.3. The van der Waals surface area contributed by atoms with Crippen LogP contribution in [0.3, 0.4) is 0 Å². The maximum atomic E-state index is 13.0. The van der Waals surface area contributed by atoms with Gasteiger partial charge >= 0.3 is 0 Å². The highest BCUT2D eigenvalue weighted by Gasteiger charge is 2.43. The first kappa shape index (κ1) is 16.1. The van der Waals surface area contributed by atoms with Crippen molar-refractivity contribution >= 4 is 17.3 Å². The van der Waals surface area contributed by atoms with Crippen LogP contribution >= 0.6 is 0 Å². The quantitative estimate of drug-likeness (QED) is 0.924. The van der Waals surface area contributed by atoms with Gasteiger partial charge in [0, 0.05) is 43.1 Å². The van der Waals surface area contributed by atoms with Crippen LogP contribution in [0, 0.1) is 0 Å². The lowest BCUT2D eigenvalue weighted by atomic mass is 9.76. The molecule has 0 unspecified atom stereocenters. The Bertz CT molecular complexity index is 754. The average Bonchev–Trinajstić information content (AvgIpc) is 3.25. The topological polar surface area (TPSA) is 54.7 Å². The van der Waals surface area contributed by atoms with E-state index in [-0.39, 0.29) is 23.8 Å². The molecule has 132 valence electrons. The van der Waals surface area contributed by atoms with Crippen molar-refractivity contribution in [1.82, 2.24) is 0 Å². The minimum Gasteiger partial charge on any atom is -0.459 e. The summed E-state index contributed by atoms with van der Waals surface area (Å²) in [5.41, 5.74) is 2.96. The first-order valence-corrected chi connectivity index (χ1v) is 8.60. The molecule has 4 rings (SSSR count). The number of nitrogens with one attached hydrogen (secondary N) is 1. The Labute approximate surface area is 145 Å². The van der Waals surface area contributed by atoms with Crippen molar-refractivity contribution in [3.63, 3.8) is 0 Å². The first-order chi connectivity index (χ1) is 12.2. The lowest BCUT2D eigenvalue weighted by Gasteiger charge is -2.34. The Morgan fingerprint density at radius 3 is 2.84 bits per heavy atom. The Balaban J connectivity index is 1.65. The Morgan fingerprint density at radius 1 is 1.28 bits per heavy atom. The number of hydrogen-bond donors (Lipinski definition) is 1. The van der Waals surface area contributed by atoms with Crippen molar-refractivity contribution < 1.29 is 18.3 Å². The molecule has 1 N–H and O–H groups in total. The molecule has 0 radical (unpaired) electrons. The molecule has 1 aromatic carbocycles. The van der Waals surface area contributed by atoms with Gasteiger partial charge in [-0.3, -0.25) is 4.79 Å². The van der Waals surface area contributed by atoms with Gasteiger partial charge in [0.15, 0.2) is 5.76 Å². The second kappa shape index (κ2) is 6.52. The second-order valence-corrected chi connectivity index (χ2v) is 6.67. The molecule has 3 heterocycles.